The maximum absolute atomic E-state index is 13.2. The Bertz CT molecular complexity index is 430. The monoisotopic (exact) mass is 253 g/mol. The van der Waals surface area contributed by atoms with E-state index in [9.17, 15) is 9.18 Å². The summed E-state index contributed by atoms with van der Waals surface area (Å²) in [6.07, 6.45) is 0. The molecule has 0 aromatic heterocycles. The lowest BCUT2D eigenvalue weighted by Crippen LogP contribution is -2.36. The van der Waals surface area contributed by atoms with Crippen molar-refractivity contribution in [2.24, 2.45) is 0 Å². The molecule has 3 nitrogen and oxygen atoms in total. The summed E-state index contributed by atoms with van der Waals surface area (Å²) in [5.41, 5.74) is 1.50. The first-order valence-electron chi connectivity index (χ1n) is 5.91. The molecule has 1 N–H and O–H groups in total. The van der Waals surface area contributed by atoms with E-state index in [0.29, 0.717) is 12.1 Å². The maximum atomic E-state index is 13.2. The van der Waals surface area contributed by atoms with Gasteiger partial charge in [-0.1, -0.05) is 26.0 Å². The quantitative estimate of drug-likeness (QED) is 0.817. The van der Waals surface area contributed by atoms with E-state index in [1.165, 1.54) is 13.2 Å². The number of nitrogens with one attached hydrogen (secondary N) is 1. The molecule has 0 fully saturated rings. The predicted octanol–water partition coefficient (Wildman–Crippen LogP) is 2.17. The zero-order valence-electron chi connectivity index (χ0n) is 11.3. The molecule has 0 spiro atoms. The molecule has 100 valence electrons. The van der Waals surface area contributed by atoms with E-state index in [0.717, 1.165) is 5.56 Å². The molecule has 1 rings (SSSR count). The van der Waals surface area contributed by atoms with Gasteiger partial charge in [0.25, 0.3) is 0 Å². The maximum Gasteiger partial charge on any atom is 0.319 e. The van der Waals surface area contributed by atoms with Crippen LogP contribution >= 0.6 is 0 Å². The summed E-state index contributed by atoms with van der Waals surface area (Å²) in [6, 6.07) is 5.10. The van der Waals surface area contributed by atoms with Crippen molar-refractivity contribution in [3.8, 4) is 0 Å². The number of hydrogen-bond donors (Lipinski definition) is 1. The lowest BCUT2D eigenvalue weighted by atomic mass is 9.84. The SMILES string of the molecule is COC(=O)CNCC(C)(C)c1ccc(F)c(C)c1. The normalized spacial score (nSPS) is 11.4. The molecular weight excluding hydrogens is 233 g/mol. The summed E-state index contributed by atoms with van der Waals surface area (Å²) in [7, 11) is 1.36. The van der Waals surface area contributed by atoms with Crippen LogP contribution in [0.15, 0.2) is 18.2 Å². The number of ether oxygens (including phenoxy) is 1. The first kappa shape index (κ1) is 14.6. The van der Waals surface area contributed by atoms with Gasteiger partial charge in [0.15, 0.2) is 0 Å². The van der Waals surface area contributed by atoms with Gasteiger partial charge in [-0.3, -0.25) is 4.79 Å². The number of rotatable bonds is 5. The van der Waals surface area contributed by atoms with E-state index in [1.807, 2.05) is 19.9 Å². The van der Waals surface area contributed by atoms with Gasteiger partial charge in [0.2, 0.25) is 0 Å². The van der Waals surface area contributed by atoms with Crippen LogP contribution in [0, 0.1) is 12.7 Å². The van der Waals surface area contributed by atoms with E-state index >= 15 is 0 Å². The van der Waals surface area contributed by atoms with Crippen molar-refractivity contribution in [2.75, 3.05) is 20.2 Å². The van der Waals surface area contributed by atoms with Crippen LogP contribution in [0.1, 0.15) is 25.0 Å². The number of methoxy groups -OCH3 is 1. The van der Waals surface area contributed by atoms with E-state index in [4.69, 9.17) is 0 Å². The fourth-order valence-corrected chi connectivity index (χ4v) is 1.72. The van der Waals surface area contributed by atoms with Gasteiger partial charge < -0.3 is 10.1 Å². The van der Waals surface area contributed by atoms with E-state index in [1.54, 1.807) is 13.0 Å². The number of carbonyl (C=O) groups is 1. The molecule has 0 aliphatic carbocycles. The largest absolute Gasteiger partial charge is 0.468 e. The van der Waals surface area contributed by atoms with Gasteiger partial charge in [-0.2, -0.15) is 0 Å². The Morgan fingerprint density at radius 2 is 2.11 bits per heavy atom. The minimum absolute atomic E-state index is 0.174. The number of halogens is 1. The van der Waals surface area contributed by atoms with Gasteiger partial charge in [-0.15, -0.1) is 0 Å². The summed E-state index contributed by atoms with van der Waals surface area (Å²) < 4.78 is 17.8. The Balaban J connectivity index is 2.67. The third-order valence-corrected chi connectivity index (χ3v) is 3.00. The summed E-state index contributed by atoms with van der Waals surface area (Å²) in [5.74, 6) is -0.488. The fourth-order valence-electron chi connectivity index (χ4n) is 1.72. The second kappa shape index (κ2) is 5.96. The minimum atomic E-state index is -0.291. The molecule has 1 aromatic rings. The molecular formula is C14H20FNO2. The van der Waals surface area contributed by atoms with Crippen LogP contribution in [0.5, 0.6) is 0 Å². The predicted molar refractivity (Wildman–Crippen MR) is 69.0 cm³/mol. The zero-order valence-corrected chi connectivity index (χ0v) is 11.3. The highest BCUT2D eigenvalue weighted by molar-refractivity contribution is 5.71. The van der Waals surface area contributed by atoms with Crippen LogP contribution in [-0.2, 0) is 14.9 Å². The van der Waals surface area contributed by atoms with Gasteiger partial charge in [-0.25, -0.2) is 4.39 Å². The highest BCUT2D eigenvalue weighted by Crippen LogP contribution is 2.24. The number of aryl methyl sites for hydroxylation is 1. The Kier molecular flexibility index (Phi) is 4.84. The van der Waals surface area contributed by atoms with Crippen molar-refractivity contribution >= 4 is 5.97 Å². The Morgan fingerprint density at radius 3 is 2.67 bits per heavy atom. The van der Waals surface area contributed by atoms with Crippen molar-refractivity contribution in [3.05, 3.63) is 35.1 Å². The van der Waals surface area contributed by atoms with Crippen LogP contribution in [0.2, 0.25) is 0 Å². The molecule has 0 saturated heterocycles. The molecule has 0 aliphatic heterocycles. The standard InChI is InChI=1S/C14H20FNO2/c1-10-7-11(5-6-12(10)15)14(2,3)9-16-8-13(17)18-4/h5-7,16H,8-9H2,1-4H3. The summed E-state index contributed by atoms with van der Waals surface area (Å²) in [5, 5.41) is 3.04. The van der Waals surface area contributed by atoms with Crippen LogP contribution in [0.25, 0.3) is 0 Å². The topological polar surface area (TPSA) is 38.3 Å². The van der Waals surface area contributed by atoms with Gasteiger partial charge in [0.1, 0.15) is 5.82 Å². The molecule has 1 aromatic carbocycles. The fraction of sp³-hybridized carbons (Fsp3) is 0.500. The molecule has 0 atom stereocenters. The molecule has 0 radical (unpaired) electrons. The van der Waals surface area contributed by atoms with Crippen molar-refractivity contribution in [3.63, 3.8) is 0 Å². The average Bonchev–Trinajstić information content (AvgIpc) is 2.32. The van der Waals surface area contributed by atoms with E-state index < -0.39 is 0 Å². The number of esters is 1. The summed E-state index contributed by atoms with van der Waals surface area (Å²) in [4.78, 5) is 11.0. The molecule has 0 aliphatic rings. The van der Waals surface area contributed by atoms with Gasteiger partial charge in [0, 0.05) is 12.0 Å². The van der Waals surface area contributed by atoms with Crippen LogP contribution in [-0.4, -0.2) is 26.2 Å². The van der Waals surface area contributed by atoms with Crippen molar-refractivity contribution in [1.29, 1.82) is 0 Å². The van der Waals surface area contributed by atoms with Crippen LogP contribution < -0.4 is 5.32 Å². The first-order chi connectivity index (χ1) is 8.36. The first-order valence-corrected chi connectivity index (χ1v) is 5.91. The van der Waals surface area contributed by atoms with Gasteiger partial charge >= 0.3 is 5.97 Å². The number of benzene rings is 1. The highest BCUT2D eigenvalue weighted by atomic mass is 19.1. The van der Waals surface area contributed by atoms with Crippen molar-refractivity contribution < 1.29 is 13.9 Å². The van der Waals surface area contributed by atoms with Crippen molar-refractivity contribution in [1.82, 2.24) is 5.32 Å². The minimum Gasteiger partial charge on any atom is -0.468 e. The van der Waals surface area contributed by atoms with E-state index in [2.05, 4.69) is 10.1 Å². The number of carbonyl (C=O) groups excluding carboxylic acids is 1. The third kappa shape index (κ3) is 3.81. The Morgan fingerprint density at radius 1 is 1.44 bits per heavy atom. The van der Waals surface area contributed by atoms with Gasteiger partial charge in [-0.05, 0) is 24.1 Å². The van der Waals surface area contributed by atoms with Crippen LogP contribution in [0.4, 0.5) is 4.39 Å². The van der Waals surface area contributed by atoms with Crippen molar-refractivity contribution in [2.45, 2.75) is 26.2 Å². The Hall–Kier alpha value is -1.42. The van der Waals surface area contributed by atoms with E-state index in [-0.39, 0.29) is 23.7 Å². The molecule has 18 heavy (non-hydrogen) atoms. The lowest BCUT2D eigenvalue weighted by molar-refractivity contribution is -0.139. The third-order valence-electron chi connectivity index (χ3n) is 3.00. The summed E-state index contributed by atoms with van der Waals surface area (Å²) in [6.45, 7) is 6.64. The molecule has 0 saturated carbocycles. The average molecular weight is 253 g/mol. The second-order valence-electron chi connectivity index (χ2n) is 5.03. The molecule has 4 heteroatoms. The molecule has 0 amide bonds. The van der Waals surface area contributed by atoms with Crippen LogP contribution in [0.3, 0.4) is 0 Å². The zero-order chi connectivity index (χ0) is 13.8. The second-order valence-corrected chi connectivity index (χ2v) is 5.03. The molecule has 0 heterocycles. The number of hydrogen-bond acceptors (Lipinski definition) is 3. The lowest BCUT2D eigenvalue weighted by Gasteiger charge is -2.26. The molecule has 0 bridgehead atoms. The highest BCUT2D eigenvalue weighted by Gasteiger charge is 2.21. The smallest absolute Gasteiger partial charge is 0.319 e. The molecule has 0 unspecified atom stereocenters. The summed E-state index contributed by atoms with van der Waals surface area (Å²) >= 11 is 0. The Labute approximate surface area is 107 Å². The van der Waals surface area contributed by atoms with Gasteiger partial charge in [0.05, 0.1) is 13.7 Å².